The average molecular weight is 399 g/mol. The lowest BCUT2D eigenvalue weighted by molar-refractivity contribution is -0.274. The molecule has 1 aromatic rings. The molecule has 1 saturated heterocycles. The molecule has 0 bridgehead atoms. The number of hydrogen-bond acceptors (Lipinski definition) is 4. The fraction of sp³-hybridized carbons (Fsp3) is 0.474. The second-order valence-corrected chi connectivity index (χ2v) is 8.25. The minimum atomic E-state index is -4.75. The number of carbonyl (C=O) groups is 2. The topological polar surface area (TPSA) is 46.6 Å². The van der Waals surface area contributed by atoms with Gasteiger partial charge in [0.2, 0.25) is 0 Å². The van der Waals surface area contributed by atoms with Crippen molar-refractivity contribution < 1.29 is 27.5 Å². The molecule has 1 aromatic carbocycles. The molecule has 2 aliphatic rings. The summed E-state index contributed by atoms with van der Waals surface area (Å²) in [5, 5.41) is -0.296. The predicted octanol–water partition coefficient (Wildman–Crippen LogP) is 5.59. The number of benzene rings is 1. The number of alkyl halides is 3. The normalized spacial score (nSPS) is 21.8. The quantitative estimate of drug-likeness (QED) is 0.619. The van der Waals surface area contributed by atoms with Crippen molar-refractivity contribution in [2.24, 2.45) is 5.41 Å². The lowest BCUT2D eigenvalue weighted by Crippen LogP contribution is -2.39. The molecule has 2 amide bonds. The van der Waals surface area contributed by atoms with E-state index in [1.165, 1.54) is 41.7 Å². The van der Waals surface area contributed by atoms with Crippen molar-refractivity contribution in [2.45, 2.75) is 45.4 Å². The van der Waals surface area contributed by atoms with Gasteiger partial charge >= 0.3 is 6.36 Å². The van der Waals surface area contributed by atoms with Crippen molar-refractivity contribution in [3.8, 4) is 5.75 Å². The van der Waals surface area contributed by atoms with E-state index in [-0.39, 0.29) is 27.2 Å². The van der Waals surface area contributed by atoms with Gasteiger partial charge < -0.3 is 4.74 Å². The maximum atomic E-state index is 12.6. The molecule has 8 heteroatoms. The molecule has 0 spiro atoms. The van der Waals surface area contributed by atoms with Crippen molar-refractivity contribution in [1.29, 1.82) is 0 Å². The fourth-order valence-electron chi connectivity index (χ4n) is 3.50. The summed E-state index contributed by atoms with van der Waals surface area (Å²) in [5.41, 5.74) is 0.481. The first kappa shape index (κ1) is 19.8. The van der Waals surface area contributed by atoms with Crippen molar-refractivity contribution >= 4 is 29.0 Å². The molecule has 0 radical (unpaired) electrons. The van der Waals surface area contributed by atoms with E-state index in [9.17, 15) is 22.8 Å². The zero-order chi connectivity index (χ0) is 19.7. The highest BCUT2D eigenvalue weighted by molar-refractivity contribution is 8.18. The summed E-state index contributed by atoms with van der Waals surface area (Å²) in [4.78, 5) is 26.5. The Morgan fingerprint density at radius 1 is 1.15 bits per heavy atom. The molecule has 0 N–H and O–H groups in total. The molecule has 0 unspecified atom stereocenters. The maximum Gasteiger partial charge on any atom is 0.573 e. The van der Waals surface area contributed by atoms with Crippen molar-refractivity contribution in [3.05, 3.63) is 34.7 Å². The highest BCUT2D eigenvalue weighted by Crippen LogP contribution is 2.40. The van der Waals surface area contributed by atoms with Gasteiger partial charge in [0.25, 0.3) is 11.1 Å². The van der Waals surface area contributed by atoms with Crippen LogP contribution >= 0.6 is 11.8 Å². The zero-order valence-electron chi connectivity index (χ0n) is 14.8. The van der Waals surface area contributed by atoms with Crippen LogP contribution < -0.4 is 4.74 Å². The number of nitrogens with zero attached hydrogens (tertiary/aromatic N) is 1. The van der Waals surface area contributed by atoms with Gasteiger partial charge in [-0.3, -0.25) is 14.5 Å². The Morgan fingerprint density at radius 2 is 1.78 bits per heavy atom. The van der Waals surface area contributed by atoms with Gasteiger partial charge in [0.05, 0.1) is 4.91 Å². The van der Waals surface area contributed by atoms with Gasteiger partial charge in [-0.1, -0.05) is 38.3 Å². The number of imide groups is 1. The van der Waals surface area contributed by atoms with E-state index in [0.717, 1.165) is 37.4 Å². The predicted molar refractivity (Wildman–Crippen MR) is 97.0 cm³/mol. The third-order valence-electron chi connectivity index (χ3n) is 4.89. The van der Waals surface area contributed by atoms with Crippen LogP contribution in [-0.2, 0) is 4.79 Å². The smallest absolute Gasteiger partial charge is 0.406 e. The first-order valence-corrected chi connectivity index (χ1v) is 9.58. The lowest BCUT2D eigenvalue weighted by Gasteiger charge is -2.35. The van der Waals surface area contributed by atoms with E-state index in [2.05, 4.69) is 11.7 Å². The van der Waals surface area contributed by atoms with Crippen LogP contribution in [0.1, 0.15) is 44.6 Å². The summed E-state index contributed by atoms with van der Waals surface area (Å²) < 4.78 is 40.4. The second-order valence-electron chi connectivity index (χ2n) is 7.26. The van der Waals surface area contributed by atoms with E-state index in [1.54, 1.807) is 0 Å². The molecule has 1 aliphatic heterocycles. The van der Waals surface area contributed by atoms with E-state index < -0.39 is 6.36 Å². The molecule has 3 rings (SSSR count). The third kappa shape index (κ3) is 5.06. The van der Waals surface area contributed by atoms with Gasteiger partial charge in [-0.15, -0.1) is 13.2 Å². The molecule has 1 saturated carbocycles. The van der Waals surface area contributed by atoms with Crippen molar-refractivity contribution in [3.63, 3.8) is 0 Å². The summed E-state index contributed by atoms with van der Waals surface area (Å²) >= 11 is 0.865. The number of carbonyl (C=O) groups excluding carboxylic acids is 2. The zero-order valence-corrected chi connectivity index (χ0v) is 15.7. The second kappa shape index (κ2) is 7.58. The molecule has 2 fully saturated rings. The number of rotatable bonds is 4. The van der Waals surface area contributed by atoms with E-state index >= 15 is 0 Å². The van der Waals surface area contributed by atoms with Gasteiger partial charge in [-0.05, 0) is 53.8 Å². The Kier molecular flexibility index (Phi) is 5.55. The summed E-state index contributed by atoms with van der Waals surface area (Å²) in [6.45, 7) is 2.52. The minimum absolute atomic E-state index is 0.0455. The Morgan fingerprint density at radius 3 is 2.37 bits per heavy atom. The summed E-state index contributed by atoms with van der Waals surface area (Å²) in [5.74, 6) is -0.676. The number of halogens is 3. The van der Waals surface area contributed by atoms with Crippen LogP contribution in [0.15, 0.2) is 29.2 Å². The highest BCUT2D eigenvalue weighted by Gasteiger charge is 2.40. The van der Waals surface area contributed by atoms with Crippen LogP contribution in [0.4, 0.5) is 18.0 Å². The van der Waals surface area contributed by atoms with Crippen LogP contribution in [0.5, 0.6) is 5.75 Å². The molecular weight excluding hydrogens is 379 g/mol. The lowest BCUT2D eigenvalue weighted by atomic mass is 9.75. The Hall–Kier alpha value is -1.96. The van der Waals surface area contributed by atoms with Crippen molar-refractivity contribution in [2.75, 3.05) is 6.54 Å². The third-order valence-corrected chi connectivity index (χ3v) is 5.79. The van der Waals surface area contributed by atoms with Gasteiger partial charge in [-0.2, -0.15) is 0 Å². The van der Waals surface area contributed by atoms with Crippen molar-refractivity contribution in [1.82, 2.24) is 4.90 Å². The largest absolute Gasteiger partial charge is 0.573 e. The molecule has 1 heterocycles. The molecule has 0 aromatic heterocycles. The SMILES string of the molecule is CC1(CN2C(=O)SC(=Cc3ccc(OC(F)(F)F)cc3)C2=O)CCCCC1. The minimum Gasteiger partial charge on any atom is -0.406 e. The first-order valence-electron chi connectivity index (χ1n) is 8.76. The van der Waals surface area contributed by atoms with E-state index in [1.807, 2.05) is 0 Å². The molecule has 27 heavy (non-hydrogen) atoms. The van der Waals surface area contributed by atoms with Crippen LogP contribution in [0.3, 0.4) is 0 Å². The summed E-state index contributed by atoms with van der Waals surface area (Å²) in [6, 6.07) is 5.17. The van der Waals surface area contributed by atoms with Gasteiger partial charge in [0, 0.05) is 6.54 Å². The first-order chi connectivity index (χ1) is 12.7. The molecule has 1 aliphatic carbocycles. The maximum absolute atomic E-state index is 12.6. The van der Waals surface area contributed by atoms with Crippen LogP contribution in [0, 0.1) is 5.41 Å². The monoisotopic (exact) mass is 399 g/mol. The number of ether oxygens (including phenoxy) is 1. The van der Waals surface area contributed by atoms with E-state index in [0.29, 0.717) is 12.1 Å². The van der Waals surface area contributed by atoms with E-state index in [4.69, 9.17) is 0 Å². The molecule has 0 atom stereocenters. The Labute approximate surface area is 159 Å². The summed E-state index contributed by atoms with van der Waals surface area (Å²) in [7, 11) is 0. The fourth-order valence-corrected chi connectivity index (χ4v) is 4.34. The number of thioether (sulfide) groups is 1. The standard InChI is InChI=1S/C19H20F3NO3S/c1-18(9-3-2-4-10-18)12-23-16(24)15(27-17(23)25)11-13-5-7-14(8-6-13)26-19(20,21)22/h5-8,11H,2-4,9-10,12H2,1H3. The van der Waals surface area contributed by atoms with Gasteiger partial charge in [0.15, 0.2) is 0 Å². The van der Waals surface area contributed by atoms with Gasteiger partial charge in [0.1, 0.15) is 5.75 Å². The van der Waals surface area contributed by atoms with Crippen LogP contribution in [0.25, 0.3) is 6.08 Å². The highest BCUT2D eigenvalue weighted by atomic mass is 32.2. The van der Waals surface area contributed by atoms with Crippen LogP contribution in [-0.4, -0.2) is 29.0 Å². The van der Waals surface area contributed by atoms with Gasteiger partial charge in [-0.25, -0.2) is 0 Å². The summed E-state index contributed by atoms with van der Waals surface area (Å²) in [6.07, 6.45) is 2.16. The average Bonchev–Trinajstić information content (AvgIpc) is 2.83. The molecule has 146 valence electrons. The Bertz CT molecular complexity index is 752. The Balaban J connectivity index is 1.70. The molecular formula is C19H20F3NO3S. The number of hydrogen-bond donors (Lipinski definition) is 0. The molecule has 4 nitrogen and oxygen atoms in total. The van der Waals surface area contributed by atoms with Crippen LogP contribution in [0.2, 0.25) is 0 Å². The number of amides is 2.